The van der Waals surface area contributed by atoms with Crippen molar-refractivity contribution >= 4 is 48.8 Å². The molecule has 6 heteroatoms. The van der Waals surface area contributed by atoms with Crippen molar-refractivity contribution in [3.8, 4) is 28.6 Å². The number of hydrogen-bond acceptors (Lipinski definition) is 4. The topological polar surface area (TPSA) is 48.7 Å². The van der Waals surface area contributed by atoms with Gasteiger partial charge in [0, 0.05) is 10.9 Å². The van der Waals surface area contributed by atoms with Crippen LogP contribution in [0.5, 0.6) is 17.2 Å². The van der Waals surface area contributed by atoms with Crippen LogP contribution in [0.3, 0.4) is 0 Å². The van der Waals surface area contributed by atoms with E-state index in [1.54, 1.807) is 26.0 Å². The van der Waals surface area contributed by atoms with Gasteiger partial charge in [0.05, 0.1) is 14.9 Å². The first-order valence-corrected chi connectivity index (χ1v) is 11.4. The summed E-state index contributed by atoms with van der Waals surface area (Å²) in [6.07, 6.45) is 0. The Morgan fingerprint density at radius 3 is 2.35 bits per heavy atom. The van der Waals surface area contributed by atoms with Crippen molar-refractivity contribution in [1.29, 1.82) is 0 Å². The van der Waals surface area contributed by atoms with Gasteiger partial charge in [-0.25, -0.2) is 0 Å². The second kappa shape index (κ2) is 8.89. The molecule has 0 saturated carbocycles. The van der Waals surface area contributed by atoms with Crippen molar-refractivity contribution in [2.24, 2.45) is 5.92 Å². The zero-order valence-electron chi connectivity index (χ0n) is 17.2. The van der Waals surface area contributed by atoms with Gasteiger partial charge in [-0.15, -0.1) is 0 Å². The zero-order chi connectivity index (χ0) is 22.1. The number of hydrogen-bond donors (Lipinski definition) is 0. The number of esters is 1. The normalized spacial score (nSPS) is 11.2. The summed E-state index contributed by atoms with van der Waals surface area (Å²) >= 11 is 7.02. The van der Waals surface area contributed by atoms with Gasteiger partial charge in [-0.3, -0.25) is 4.79 Å². The van der Waals surface area contributed by atoms with E-state index < -0.39 is 0 Å². The molecule has 4 nitrogen and oxygen atoms in total. The third-order valence-corrected chi connectivity index (χ3v) is 5.85. The van der Waals surface area contributed by atoms with Crippen LogP contribution in [0, 0.1) is 12.8 Å². The molecule has 158 valence electrons. The van der Waals surface area contributed by atoms with Crippen molar-refractivity contribution in [1.82, 2.24) is 0 Å². The highest BCUT2D eigenvalue weighted by atomic mass is 79.9. The molecule has 0 radical (unpaired) electrons. The molecule has 0 aliphatic carbocycles. The Balaban J connectivity index is 1.60. The van der Waals surface area contributed by atoms with Crippen LogP contribution in [0.25, 0.3) is 22.3 Å². The summed E-state index contributed by atoms with van der Waals surface area (Å²) in [4.78, 5) is 11.9. The lowest BCUT2D eigenvalue weighted by Gasteiger charge is -2.13. The third kappa shape index (κ3) is 4.86. The van der Waals surface area contributed by atoms with Gasteiger partial charge >= 0.3 is 5.97 Å². The Labute approximate surface area is 197 Å². The number of rotatable bonds is 5. The highest BCUT2D eigenvalue weighted by molar-refractivity contribution is 9.11. The van der Waals surface area contributed by atoms with Crippen molar-refractivity contribution in [2.75, 3.05) is 0 Å². The van der Waals surface area contributed by atoms with Crippen molar-refractivity contribution < 1.29 is 18.7 Å². The van der Waals surface area contributed by atoms with Crippen LogP contribution < -0.4 is 9.47 Å². The number of carbonyl (C=O) groups excluding carboxylic acids is 1. The monoisotopic (exact) mass is 542 g/mol. The largest absolute Gasteiger partial charge is 0.456 e. The van der Waals surface area contributed by atoms with Crippen LogP contribution in [-0.2, 0) is 4.79 Å². The van der Waals surface area contributed by atoms with Gasteiger partial charge in [-0.1, -0.05) is 37.6 Å². The highest BCUT2D eigenvalue weighted by Crippen LogP contribution is 2.41. The molecule has 0 amide bonds. The van der Waals surface area contributed by atoms with E-state index >= 15 is 0 Å². The van der Waals surface area contributed by atoms with E-state index in [0.717, 1.165) is 22.3 Å². The second-order valence-corrected chi connectivity index (χ2v) is 9.28. The predicted octanol–water partition coefficient (Wildman–Crippen LogP) is 8.29. The van der Waals surface area contributed by atoms with E-state index in [4.69, 9.17) is 13.9 Å². The number of fused-ring (bicyclic) bond motifs is 1. The van der Waals surface area contributed by atoms with Crippen molar-refractivity contribution in [2.45, 2.75) is 20.8 Å². The maximum atomic E-state index is 11.9. The molecule has 1 heterocycles. The number of aryl methyl sites for hydroxylation is 1. The minimum absolute atomic E-state index is 0.208. The molecule has 1 aromatic heterocycles. The van der Waals surface area contributed by atoms with E-state index in [1.165, 1.54) is 5.56 Å². The lowest BCUT2D eigenvalue weighted by atomic mass is 10.1. The van der Waals surface area contributed by atoms with E-state index in [0.29, 0.717) is 26.2 Å². The molecule has 0 atom stereocenters. The van der Waals surface area contributed by atoms with E-state index in [1.807, 2.05) is 36.4 Å². The average molecular weight is 544 g/mol. The SMILES string of the molecule is Cc1cccc(-c2cc3cc(Oc4c(Br)cc(OC(=O)C(C)C)cc4Br)ccc3o2)c1. The number of benzene rings is 3. The van der Waals surface area contributed by atoms with Gasteiger partial charge in [-0.2, -0.15) is 0 Å². The maximum absolute atomic E-state index is 11.9. The maximum Gasteiger partial charge on any atom is 0.313 e. The van der Waals surface area contributed by atoms with Crippen LogP contribution in [0.4, 0.5) is 0 Å². The first kappa shape index (κ1) is 21.7. The molecule has 3 aromatic carbocycles. The van der Waals surface area contributed by atoms with Crippen LogP contribution in [0.15, 0.2) is 74.0 Å². The molecule has 4 rings (SSSR count). The summed E-state index contributed by atoms with van der Waals surface area (Å²) in [6.45, 7) is 5.64. The van der Waals surface area contributed by atoms with Gasteiger partial charge in [0.1, 0.15) is 22.8 Å². The van der Waals surface area contributed by atoms with Gasteiger partial charge in [0.25, 0.3) is 0 Å². The molecule has 0 N–H and O–H groups in total. The lowest BCUT2D eigenvalue weighted by molar-refractivity contribution is -0.137. The van der Waals surface area contributed by atoms with E-state index in [9.17, 15) is 4.79 Å². The van der Waals surface area contributed by atoms with Crippen molar-refractivity contribution in [3.05, 3.63) is 75.2 Å². The smallest absolute Gasteiger partial charge is 0.313 e. The summed E-state index contributed by atoms with van der Waals surface area (Å²) < 4.78 is 18.8. The molecule has 0 saturated heterocycles. The summed E-state index contributed by atoms with van der Waals surface area (Å²) in [6, 6.07) is 19.3. The van der Waals surface area contributed by atoms with Crippen LogP contribution in [-0.4, -0.2) is 5.97 Å². The highest BCUT2D eigenvalue weighted by Gasteiger charge is 2.16. The zero-order valence-corrected chi connectivity index (χ0v) is 20.4. The van der Waals surface area contributed by atoms with Gasteiger partial charge in [0.15, 0.2) is 5.75 Å². The fraction of sp³-hybridized carbons (Fsp3) is 0.160. The molecule has 0 aliphatic heterocycles. The Morgan fingerprint density at radius 2 is 1.68 bits per heavy atom. The van der Waals surface area contributed by atoms with Crippen LogP contribution >= 0.6 is 31.9 Å². The van der Waals surface area contributed by atoms with Crippen molar-refractivity contribution in [3.63, 3.8) is 0 Å². The Bertz CT molecular complexity index is 1250. The standard InChI is InChI=1S/C25H20Br2O4/c1-14(2)25(28)30-19-12-20(26)24(21(27)13-19)29-18-7-8-22-17(10-18)11-23(31-22)16-6-4-5-15(3)9-16/h4-14H,1-3H3. The minimum atomic E-state index is -0.290. The molecule has 0 aliphatic rings. The molecule has 0 spiro atoms. The van der Waals surface area contributed by atoms with Gasteiger partial charge < -0.3 is 13.9 Å². The number of furan rings is 1. The Hall–Kier alpha value is -2.57. The van der Waals surface area contributed by atoms with Crippen LogP contribution in [0.1, 0.15) is 19.4 Å². The molecular weight excluding hydrogens is 524 g/mol. The fourth-order valence-corrected chi connectivity index (χ4v) is 4.38. The first-order valence-electron chi connectivity index (χ1n) is 9.79. The summed E-state index contributed by atoms with van der Waals surface area (Å²) in [5.74, 6) is 2.01. The predicted molar refractivity (Wildman–Crippen MR) is 129 cm³/mol. The Kier molecular flexibility index (Phi) is 6.21. The minimum Gasteiger partial charge on any atom is -0.456 e. The summed E-state index contributed by atoms with van der Waals surface area (Å²) in [7, 11) is 0. The Morgan fingerprint density at radius 1 is 0.935 bits per heavy atom. The summed E-state index contributed by atoms with van der Waals surface area (Å²) in [5, 5.41) is 0.948. The second-order valence-electron chi connectivity index (χ2n) is 7.57. The lowest BCUT2D eigenvalue weighted by Crippen LogP contribution is -2.14. The number of carbonyl (C=O) groups is 1. The van der Waals surface area contributed by atoms with E-state index in [2.05, 4.69) is 50.9 Å². The first-order chi connectivity index (χ1) is 14.8. The number of ether oxygens (including phenoxy) is 2. The quantitative estimate of drug-likeness (QED) is 0.188. The fourth-order valence-electron chi connectivity index (χ4n) is 3.07. The summed E-state index contributed by atoms with van der Waals surface area (Å²) in [5.41, 5.74) is 3.01. The average Bonchev–Trinajstić information content (AvgIpc) is 3.14. The molecule has 4 aromatic rings. The van der Waals surface area contributed by atoms with Gasteiger partial charge in [-0.05, 0) is 81.2 Å². The number of halogens is 2. The third-order valence-electron chi connectivity index (χ3n) is 4.67. The van der Waals surface area contributed by atoms with Crippen LogP contribution in [0.2, 0.25) is 0 Å². The molecule has 31 heavy (non-hydrogen) atoms. The van der Waals surface area contributed by atoms with E-state index in [-0.39, 0.29) is 11.9 Å². The van der Waals surface area contributed by atoms with Gasteiger partial charge in [0.2, 0.25) is 0 Å². The molecule has 0 unspecified atom stereocenters. The molecular formula is C25H20Br2O4. The molecule has 0 fully saturated rings. The molecule has 0 bridgehead atoms.